The summed E-state index contributed by atoms with van der Waals surface area (Å²) in [5.41, 5.74) is 1.39. The van der Waals surface area contributed by atoms with E-state index in [0.29, 0.717) is 0 Å². The predicted octanol–water partition coefficient (Wildman–Crippen LogP) is 2.18. The van der Waals surface area contributed by atoms with Crippen LogP contribution in [0.25, 0.3) is 0 Å². The molecule has 3 heterocycles. The summed E-state index contributed by atoms with van der Waals surface area (Å²) < 4.78 is 2.14. The predicted molar refractivity (Wildman–Crippen MR) is 78.1 cm³/mol. The van der Waals surface area contributed by atoms with Crippen molar-refractivity contribution in [1.82, 2.24) is 14.9 Å². The third-order valence-corrected chi connectivity index (χ3v) is 5.48. The van der Waals surface area contributed by atoms with Gasteiger partial charge in [-0.05, 0) is 37.3 Å². The van der Waals surface area contributed by atoms with Crippen LogP contribution >= 0.6 is 11.3 Å². The van der Waals surface area contributed by atoms with Crippen molar-refractivity contribution in [1.29, 1.82) is 0 Å². The number of nitrogens with one attached hydrogen (secondary N) is 1. The van der Waals surface area contributed by atoms with Crippen molar-refractivity contribution in [2.75, 3.05) is 0 Å². The molecular formula is C15H17N3OS. The summed E-state index contributed by atoms with van der Waals surface area (Å²) in [5, 5.41) is 3.18. The highest BCUT2D eigenvalue weighted by Gasteiger charge is 2.23. The number of imidazole rings is 1. The van der Waals surface area contributed by atoms with Crippen molar-refractivity contribution >= 4 is 17.2 Å². The number of thiophene rings is 1. The lowest BCUT2D eigenvalue weighted by molar-refractivity contribution is 0.0931. The van der Waals surface area contributed by atoms with E-state index in [1.165, 1.54) is 16.9 Å². The van der Waals surface area contributed by atoms with Crippen molar-refractivity contribution in [3.63, 3.8) is 0 Å². The number of carbonyl (C=O) groups is 1. The Morgan fingerprint density at radius 2 is 2.35 bits per heavy atom. The van der Waals surface area contributed by atoms with Gasteiger partial charge < -0.3 is 9.88 Å². The van der Waals surface area contributed by atoms with Crippen LogP contribution in [-0.2, 0) is 25.8 Å². The van der Waals surface area contributed by atoms with Gasteiger partial charge in [-0.3, -0.25) is 4.79 Å². The molecule has 1 aliphatic heterocycles. The third-order valence-electron chi connectivity index (χ3n) is 4.24. The molecular weight excluding hydrogens is 270 g/mol. The van der Waals surface area contributed by atoms with Crippen LogP contribution in [0.1, 0.15) is 38.8 Å². The molecule has 1 atom stereocenters. The van der Waals surface area contributed by atoms with E-state index in [-0.39, 0.29) is 11.9 Å². The zero-order valence-electron chi connectivity index (χ0n) is 11.3. The maximum Gasteiger partial charge on any atom is 0.261 e. The number of aromatic nitrogens is 2. The molecule has 0 saturated heterocycles. The van der Waals surface area contributed by atoms with Crippen molar-refractivity contribution in [3.8, 4) is 0 Å². The molecule has 0 fully saturated rings. The topological polar surface area (TPSA) is 46.9 Å². The molecule has 5 heteroatoms. The fraction of sp³-hybridized carbons (Fsp3) is 0.467. The fourth-order valence-electron chi connectivity index (χ4n) is 3.18. The first-order valence-corrected chi connectivity index (χ1v) is 8.04. The molecule has 2 aromatic heterocycles. The van der Waals surface area contributed by atoms with Crippen LogP contribution in [0.5, 0.6) is 0 Å². The second kappa shape index (κ2) is 4.74. The van der Waals surface area contributed by atoms with Crippen LogP contribution in [0.2, 0.25) is 0 Å². The van der Waals surface area contributed by atoms with Gasteiger partial charge in [-0.1, -0.05) is 0 Å². The first-order valence-electron chi connectivity index (χ1n) is 7.22. The van der Waals surface area contributed by atoms with Crippen LogP contribution in [0.15, 0.2) is 18.5 Å². The lowest BCUT2D eigenvalue weighted by atomic mass is 10.1. The highest BCUT2D eigenvalue weighted by atomic mass is 32.1. The SMILES string of the molecule is O=C(N[C@@H]1CCc2nccn2C1)c1cc2c(s1)CCC2. The van der Waals surface area contributed by atoms with Crippen LogP contribution < -0.4 is 5.32 Å². The maximum absolute atomic E-state index is 12.3. The molecule has 0 saturated carbocycles. The first kappa shape index (κ1) is 12.1. The van der Waals surface area contributed by atoms with Crippen LogP contribution in [0.4, 0.5) is 0 Å². The van der Waals surface area contributed by atoms with E-state index in [2.05, 4.69) is 20.9 Å². The molecule has 20 heavy (non-hydrogen) atoms. The Balaban J connectivity index is 1.45. The molecule has 0 aromatic carbocycles. The molecule has 4 nitrogen and oxygen atoms in total. The summed E-state index contributed by atoms with van der Waals surface area (Å²) in [6.45, 7) is 0.839. The van der Waals surface area contributed by atoms with E-state index >= 15 is 0 Å². The number of hydrogen-bond acceptors (Lipinski definition) is 3. The fourth-order valence-corrected chi connectivity index (χ4v) is 4.34. The Labute approximate surface area is 121 Å². The van der Waals surface area contributed by atoms with E-state index in [0.717, 1.165) is 42.9 Å². The Hall–Kier alpha value is -1.62. The second-order valence-electron chi connectivity index (χ2n) is 5.62. The van der Waals surface area contributed by atoms with Crippen molar-refractivity contribution in [2.24, 2.45) is 0 Å². The molecule has 0 spiro atoms. The normalized spacial score (nSPS) is 20.5. The monoisotopic (exact) mass is 287 g/mol. The van der Waals surface area contributed by atoms with E-state index in [1.54, 1.807) is 11.3 Å². The van der Waals surface area contributed by atoms with Crippen LogP contribution in [-0.4, -0.2) is 21.5 Å². The Kier molecular flexibility index (Phi) is 2.88. The minimum Gasteiger partial charge on any atom is -0.347 e. The van der Waals surface area contributed by atoms with Gasteiger partial charge in [0.1, 0.15) is 5.82 Å². The highest BCUT2D eigenvalue weighted by Crippen LogP contribution is 2.30. The summed E-state index contributed by atoms with van der Waals surface area (Å²) in [4.78, 5) is 19.0. The molecule has 104 valence electrons. The molecule has 2 aliphatic rings. The van der Waals surface area contributed by atoms with Gasteiger partial charge in [0, 0.05) is 36.3 Å². The number of nitrogens with zero attached hydrogens (tertiary/aromatic N) is 2. The minimum atomic E-state index is 0.0953. The van der Waals surface area contributed by atoms with Gasteiger partial charge in [-0.2, -0.15) is 0 Å². The van der Waals surface area contributed by atoms with Gasteiger partial charge in [0.05, 0.1) is 4.88 Å². The average Bonchev–Trinajstić information content (AvgIpc) is 3.12. The number of rotatable bonds is 2. The van der Waals surface area contributed by atoms with Gasteiger partial charge in [-0.25, -0.2) is 4.98 Å². The van der Waals surface area contributed by atoms with Crippen LogP contribution in [0.3, 0.4) is 0 Å². The number of carbonyl (C=O) groups excluding carboxylic acids is 1. The van der Waals surface area contributed by atoms with Gasteiger partial charge in [0.25, 0.3) is 5.91 Å². The Morgan fingerprint density at radius 3 is 3.25 bits per heavy atom. The first-order chi connectivity index (χ1) is 9.79. The summed E-state index contributed by atoms with van der Waals surface area (Å²) >= 11 is 1.67. The van der Waals surface area contributed by atoms with Crippen molar-refractivity contribution < 1.29 is 4.79 Å². The van der Waals surface area contributed by atoms with Crippen molar-refractivity contribution in [3.05, 3.63) is 39.6 Å². The van der Waals surface area contributed by atoms with E-state index in [4.69, 9.17) is 0 Å². The smallest absolute Gasteiger partial charge is 0.261 e. The number of hydrogen-bond donors (Lipinski definition) is 1. The molecule has 0 bridgehead atoms. The Bertz CT molecular complexity index is 636. The highest BCUT2D eigenvalue weighted by molar-refractivity contribution is 7.14. The standard InChI is InChI=1S/C15H17N3OS/c19-15(13-8-10-2-1-3-12(10)20-13)17-11-4-5-14-16-6-7-18(14)9-11/h6-8,11H,1-5,9H2,(H,17,19)/t11-/m1/s1. The van der Waals surface area contributed by atoms with Gasteiger partial charge in [-0.15, -0.1) is 11.3 Å². The van der Waals surface area contributed by atoms with E-state index in [1.807, 2.05) is 12.4 Å². The largest absolute Gasteiger partial charge is 0.347 e. The molecule has 2 aromatic rings. The quantitative estimate of drug-likeness (QED) is 0.920. The Morgan fingerprint density at radius 1 is 1.40 bits per heavy atom. The molecule has 1 amide bonds. The number of fused-ring (bicyclic) bond motifs is 2. The zero-order valence-corrected chi connectivity index (χ0v) is 12.1. The van der Waals surface area contributed by atoms with Gasteiger partial charge in [0.2, 0.25) is 0 Å². The lowest BCUT2D eigenvalue weighted by Gasteiger charge is -2.24. The summed E-state index contributed by atoms with van der Waals surface area (Å²) in [5.74, 6) is 1.23. The molecule has 4 rings (SSSR count). The molecule has 0 unspecified atom stereocenters. The maximum atomic E-state index is 12.3. The lowest BCUT2D eigenvalue weighted by Crippen LogP contribution is -2.40. The molecule has 1 N–H and O–H groups in total. The second-order valence-corrected chi connectivity index (χ2v) is 6.75. The van der Waals surface area contributed by atoms with Crippen molar-refractivity contribution in [2.45, 2.75) is 44.7 Å². The van der Waals surface area contributed by atoms with Gasteiger partial charge >= 0.3 is 0 Å². The summed E-state index contributed by atoms with van der Waals surface area (Å²) in [7, 11) is 0. The van der Waals surface area contributed by atoms with E-state index in [9.17, 15) is 4.79 Å². The van der Waals surface area contributed by atoms with Crippen LogP contribution in [0, 0.1) is 0 Å². The average molecular weight is 287 g/mol. The summed E-state index contributed by atoms with van der Waals surface area (Å²) in [6, 6.07) is 2.31. The molecule has 1 aliphatic carbocycles. The van der Waals surface area contributed by atoms with E-state index < -0.39 is 0 Å². The third kappa shape index (κ3) is 2.06. The minimum absolute atomic E-state index is 0.0953. The number of aryl methyl sites for hydroxylation is 3. The summed E-state index contributed by atoms with van der Waals surface area (Å²) in [6.07, 6.45) is 9.29. The zero-order chi connectivity index (χ0) is 13.5. The number of amides is 1. The van der Waals surface area contributed by atoms with Gasteiger partial charge in [0.15, 0.2) is 0 Å². The molecule has 0 radical (unpaired) electrons.